The van der Waals surface area contributed by atoms with Crippen molar-refractivity contribution >= 4 is 22.9 Å². The highest BCUT2D eigenvalue weighted by Gasteiger charge is 2.09. The molecule has 1 heterocycles. The van der Waals surface area contributed by atoms with Crippen molar-refractivity contribution in [3.05, 3.63) is 21.3 Å². The first-order chi connectivity index (χ1) is 5.25. The van der Waals surface area contributed by atoms with Crippen LogP contribution in [0.1, 0.15) is 11.6 Å². The van der Waals surface area contributed by atoms with Crippen LogP contribution in [0.25, 0.3) is 0 Å². The Morgan fingerprint density at radius 3 is 3.00 bits per heavy atom. The summed E-state index contributed by atoms with van der Waals surface area (Å²) in [6.07, 6.45) is 0. The lowest BCUT2D eigenvalue weighted by Crippen LogP contribution is -2.15. The Balaban J connectivity index is 2.67. The average molecular weight is 192 g/mol. The summed E-state index contributed by atoms with van der Waals surface area (Å²) in [5, 5.41) is 1.92. The van der Waals surface area contributed by atoms with Crippen LogP contribution in [0.4, 0.5) is 0 Å². The summed E-state index contributed by atoms with van der Waals surface area (Å²) in [6, 6.07) is 1.83. The Morgan fingerprint density at radius 2 is 2.55 bits per heavy atom. The van der Waals surface area contributed by atoms with E-state index in [0.29, 0.717) is 6.61 Å². The highest BCUT2D eigenvalue weighted by molar-refractivity contribution is 7.14. The summed E-state index contributed by atoms with van der Waals surface area (Å²) in [5.41, 5.74) is 6.72. The van der Waals surface area contributed by atoms with Crippen LogP contribution < -0.4 is 5.73 Å². The Labute approximate surface area is 74.9 Å². The van der Waals surface area contributed by atoms with Crippen molar-refractivity contribution in [2.24, 2.45) is 5.73 Å². The zero-order chi connectivity index (χ0) is 8.27. The van der Waals surface area contributed by atoms with Gasteiger partial charge in [-0.05, 0) is 11.4 Å². The normalized spacial score (nSPS) is 13.4. The molecule has 0 bridgehead atoms. The van der Waals surface area contributed by atoms with Gasteiger partial charge in [-0.25, -0.2) is 0 Å². The number of halogens is 1. The van der Waals surface area contributed by atoms with Gasteiger partial charge in [0.1, 0.15) is 0 Å². The lowest BCUT2D eigenvalue weighted by molar-refractivity contribution is 0.181. The van der Waals surface area contributed by atoms with Crippen molar-refractivity contribution in [1.29, 1.82) is 0 Å². The van der Waals surface area contributed by atoms with E-state index in [4.69, 9.17) is 22.1 Å². The predicted molar refractivity (Wildman–Crippen MR) is 48.1 cm³/mol. The van der Waals surface area contributed by atoms with Crippen molar-refractivity contribution in [2.45, 2.75) is 6.04 Å². The first kappa shape index (κ1) is 9.00. The number of ether oxygens (including phenoxy) is 1. The van der Waals surface area contributed by atoms with Gasteiger partial charge in [-0.2, -0.15) is 0 Å². The first-order valence-corrected chi connectivity index (χ1v) is 4.49. The monoisotopic (exact) mass is 191 g/mol. The molecule has 62 valence electrons. The molecule has 2 nitrogen and oxygen atoms in total. The Hall–Kier alpha value is -0.0900. The van der Waals surface area contributed by atoms with Gasteiger partial charge in [0, 0.05) is 12.7 Å². The van der Waals surface area contributed by atoms with E-state index in [1.807, 2.05) is 11.4 Å². The second kappa shape index (κ2) is 4.07. The third kappa shape index (κ3) is 2.17. The minimum absolute atomic E-state index is 0.0984. The molecule has 0 saturated carbocycles. The van der Waals surface area contributed by atoms with Crippen LogP contribution in [-0.2, 0) is 4.74 Å². The molecule has 1 aromatic rings. The first-order valence-electron chi connectivity index (χ1n) is 3.23. The molecule has 1 rings (SSSR count). The highest BCUT2D eigenvalue weighted by Crippen LogP contribution is 2.26. The minimum Gasteiger partial charge on any atom is -0.383 e. The van der Waals surface area contributed by atoms with Crippen LogP contribution in [-0.4, -0.2) is 13.7 Å². The quantitative estimate of drug-likeness (QED) is 0.794. The molecule has 4 heteroatoms. The summed E-state index contributed by atoms with van der Waals surface area (Å²) in [5.74, 6) is 0. The van der Waals surface area contributed by atoms with Gasteiger partial charge < -0.3 is 10.5 Å². The van der Waals surface area contributed by atoms with E-state index < -0.39 is 0 Å². The largest absolute Gasteiger partial charge is 0.383 e. The number of rotatable bonds is 3. The molecule has 0 aliphatic heterocycles. The summed E-state index contributed by atoms with van der Waals surface area (Å²) in [7, 11) is 1.63. The molecule has 0 aromatic carbocycles. The topological polar surface area (TPSA) is 35.2 Å². The van der Waals surface area contributed by atoms with Gasteiger partial charge in [-0.15, -0.1) is 11.3 Å². The Morgan fingerprint density at radius 1 is 1.82 bits per heavy atom. The Kier molecular flexibility index (Phi) is 3.33. The highest BCUT2D eigenvalue weighted by atomic mass is 35.5. The van der Waals surface area contributed by atoms with Crippen LogP contribution in [0.5, 0.6) is 0 Å². The summed E-state index contributed by atoms with van der Waals surface area (Å²) < 4.78 is 5.66. The van der Waals surface area contributed by atoms with Crippen LogP contribution in [0, 0.1) is 0 Å². The maximum atomic E-state index is 5.85. The van der Waals surface area contributed by atoms with Crippen molar-refractivity contribution in [1.82, 2.24) is 0 Å². The molecule has 0 spiro atoms. The van der Waals surface area contributed by atoms with Gasteiger partial charge in [0.2, 0.25) is 0 Å². The number of hydrogen-bond donors (Lipinski definition) is 1. The molecule has 1 atom stereocenters. The molecular formula is C7H10ClNOS. The number of hydrogen-bond acceptors (Lipinski definition) is 3. The Bertz CT molecular complexity index is 226. The standard InChI is InChI=1S/C7H10ClNOS/c1-10-4-6(9)5-2-3-11-7(5)8/h2-3,6H,4,9H2,1H3/t6-/m0/s1. The van der Waals surface area contributed by atoms with E-state index in [0.717, 1.165) is 9.90 Å². The van der Waals surface area contributed by atoms with Crippen LogP contribution in [0.15, 0.2) is 11.4 Å². The zero-order valence-electron chi connectivity index (χ0n) is 6.21. The maximum absolute atomic E-state index is 5.85. The van der Waals surface area contributed by atoms with Crippen molar-refractivity contribution in [2.75, 3.05) is 13.7 Å². The lowest BCUT2D eigenvalue weighted by Gasteiger charge is -2.08. The predicted octanol–water partition coefficient (Wildman–Crippen LogP) is 2.05. The van der Waals surface area contributed by atoms with Crippen LogP contribution in [0.2, 0.25) is 4.34 Å². The number of thiophene rings is 1. The van der Waals surface area contributed by atoms with Gasteiger partial charge in [0.05, 0.1) is 17.0 Å². The smallest absolute Gasteiger partial charge is 0.0977 e. The van der Waals surface area contributed by atoms with Crippen LogP contribution in [0.3, 0.4) is 0 Å². The average Bonchev–Trinajstić information content (AvgIpc) is 2.36. The molecule has 11 heavy (non-hydrogen) atoms. The second-order valence-corrected chi connectivity index (χ2v) is 3.73. The van der Waals surface area contributed by atoms with Gasteiger partial charge in [0.25, 0.3) is 0 Å². The fourth-order valence-electron chi connectivity index (χ4n) is 0.839. The molecule has 0 aliphatic carbocycles. The molecule has 0 fully saturated rings. The molecule has 2 N–H and O–H groups in total. The van der Waals surface area contributed by atoms with Gasteiger partial charge >= 0.3 is 0 Å². The van der Waals surface area contributed by atoms with Crippen LogP contribution >= 0.6 is 22.9 Å². The third-order valence-corrected chi connectivity index (χ3v) is 2.59. The maximum Gasteiger partial charge on any atom is 0.0977 e. The fourth-order valence-corrected chi connectivity index (χ4v) is 1.89. The van der Waals surface area contributed by atoms with Gasteiger partial charge in [0.15, 0.2) is 0 Å². The SMILES string of the molecule is COC[C@H](N)c1ccsc1Cl. The van der Waals surface area contributed by atoms with E-state index in [1.54, 1.807) is 7.11 Å². The van der Waals surface area contributed by atoms with Gasteiger partial charge in [-0.1, -0.05) is 11.6 Å². The van der Waals surface area contributed by atoms with Crippen molar-refractivity contribution in [3.8, 4) is 0 Å². The third-order valence-electron chi connectivity index (χ3n) is 1.39. The van der Waals surface area contributed by atoms with Crippen molar-refractivity contribution < 1.29 is 4.74 Å². The second-order valence-electron chi connectivity index (χ2n) is 2.21. The molecule has 0 aliphatic rings. The number of methoxy groups -OCH3 is 1. The van der Waals surface area contributed by atoms with E-state index in [1.165, 1.54) is 11.3 Å². The lowest BCUT2D eigenvalue weighted by atomic mass is 10.2. The number of nitrogens with two attached hydrogens (primary N) is 1. The van der Waals surface area contributed by atoms with E-state index >= 15 is 0 Å². The summed E-state index contributed by atoms with van der Waals surface area (Å²) in [6.45, 7) is 0.510. The molecule has 0 amide bonds. The molecule has 0 saturated heterocycles. The van der Waals surface area contributed by atoms with Crippen molar-refractivity contribution in [3.63, 3.8) is 0 Å². The fraction of sp³-hybridized carbons (Fsp3) is 0.429. The molecule has 0 unspecified atom stereocenters. The van der Waals surface area contributed by atoms with E-state index in [9.17, 15) is 0 Å². The van der Waals surface area contributed by atoms with Gasteiger partial charge in [-0.3, -0.25) is 0 Å². The zero-order valence-corrected chi connectivity index (χ0v) is 7.78. The summed E-state index contributed by atoms with van der Waals surface area (Å²) in [4.78, 5) is 0. The summed E-state index contributed by atoms with van der Waals surface area (Å²) >= 11 is 7.34. The molecular weight excluding hydrogens is 182 g/mol. The van der Waals surface area contributed by atoms with E-state index in [-0.39, 0.29) is 6.04 Å². The van der Waals surface area contributed by atoms with E-state index in [2.05, 4.69) is 0 Å². The minimum atomic E-state index is -0.0984. The molecule has 1 aromatic heterocycles. The molecule has 0 radical (unpaired) electrons.